The molecule has 3 fully saturated rings. The van der Waals surface area contributed by atoms with Crippen LogP contribution in [0, 0.1) is 5.82 Å². The van der Waals surface area contributed by atoms with Crippen molar-refractivity contribution in [1.82, 2.24) is 4.90 Å². The van der Waals surface area contributed by atoms with Crippen LogP contribution in [0.25, 0.3) is 0 Å². The molecule has 0 aromatic heterocycles. The lowest BCUT2D eigenvalue weighted by Gasteiger charge is -2.49. The Kier molecular flexibility index (Phi) is 4.84. The molecule has 3 aliphatic rings. The van der Waals surface area contributed by atoms with Gasteiger partial charge in [-0.05, 0) is 56.2 Å². The fourth-order valence-electron chi connectivity index (χ4n) is 4.71. The Morgan fingerprint density at radius 3 is 2.36 bits per heavy atom. The van der Waals surface area contributed by atoms with Crippen LogP contribution in [0.1, 0.15) is 44.1 Å². The molecular weight excluding hydrogens is 321 g/mol. The zero-order valence-corrected chi connectivity index (χ0v) is 14.8. The van der Waals surface area contributed by atoms with Crippen molar-refractivity contribution in [3.63, 3.8) is 0 Å². The molecule has 25 heavy (non-hydrogen) atoms. The Bertz CT molecular complexity index is 572. The molecular formula is C20H28FNO3. The molecule has 138 valence electrons. The van der Waals surface area contributed by atoms with Gasteiger partial charge in [0.05, 0.1) is 11.2 Å². The van der Waals surface area contributed by atoms with Crippen molar-refractivity contribution >= 4 is 0 Å². The van der Waals surface area contributed by atoms with Gasteiger partial charge in [0.1, 0.15) is 5.82 Å². The van der Waals surface area contributed by atoms with Gasteiger partial charge >= 0.3 is 0 Å². The highest BCUT2D eigenvalue weighted by molar-refractivity contribution is 5.23. The lowest BCUT2D eigenvalue weighted by molar-refractivity contribution is -0.156. The molecule has 1 atom stereocenters. The van der Waals surface area contributed by atoms with Crippen LogP contribution in [0.2, 0.25) is 0 Å². The zero-order valence-electron chi connectivity index (χ0n) is 14.8. The first-order valence-corrected chi connectivity index (χ1v) is 9.53. The normalized spacial score (nSPS) is 29.6. The molecule has 3 aliphatic heterocycles. The van der Waals surface area contributed by atoms with Gasteiger partial charge in [-0.25, -0.2) is 4.39 Å². The number of halogens is 1. The second-order valence-corrected chi connectivity index (χ2v) is 7.86. The highest BCUT2D eigenvalue weighted by Crippen LogP contribution is 2.39. The third-order valence-electron chi connectivity index (χ3n) is 6.39. The highest BCUT2D eigenvalue weighted by atomic mass is 19.1. The standard InChI is InChI=1S/C20H28FNO3/c21-17-3-1-16(2-4-17)20(23)6-10-22(11-7-20)18-5-12-25-19(15-18)8-13-24-14-9-19/h1-4,18,23H,5-15H2. The van der Waals surface area contributed by atoms with E-state index in [1.807, 2.05) is 0 Å². The molecule has 4 nitrogen and oxygen atoms in total. The number of ether oxygens (including phenoxy) is 2. The minimum absolute atomic E-state index is 0.00583. The van der Waals surface area contributed by atoms with E-state index >= 15 is 0 Å². The van der Waals surface area contributed by atoms with E-state index in [-0.39, 0.29) is 11.4 Å². The summed E-state index contributed by atoms with van der Waals surface area (Å²) in [5.74, 6) is -0.256. The van der Waals surface area contributed by atoms with E-state index < -0.39 is 5.60 Å². The van der Waals surface area contributed by atoms with Crippen molar-refractivity contribution in [1.29, 1.82) is 0 Å². The third kappa shape index (κ3) is 3.61. The van der Waals surface area contributed by atoms with Crippen LogP contribution in [0.3, 0.4) is 0 Å². The van der Waals surface area contributed by atoms with E-state index in [0.29, 0.717) is 18.9 Å². The summed E-state index contributed by atoms with van der Waals surface area (Å²) in [5, 5.41) is 11.0. The van der Waals surface area contributed by atoms with Gasteiger partial charge in [-0.2, -0.15) is 0 Å². The lowest BCUT2D eigenvalue weighted by Crippen LogP contribution is -2.54. The van der Waals surface area contributed by atoms with Gasteiger partial charge in [-0.1, -0.05) is 12.1 Å². The summed E-state index contributed by atoms with van der Waals surface area (Å²) in [4.78, 5) is 2.53. The van der Waals surface area contributed by atoms with E-state index in [0.717, 1.165) is 64.2 Å². The van der Waals surface area contributed by atoms with Crippen molar-refractivity contribution in [2.75, 3.05) is 32.9 Å². The van der Waals surface area contributed by atoms with E-state index in [9.17, 15) is 9.50 Å². The maximum Gasteiger partial charge on any atom is 0.123 e. The molecule has 0 amide bonds. The average Bonchev–Trinajstić information content (AvgIpc) is 2.63. The highest BCUT2D eigenvalue weighted by Gasteiger charge is 2.43. The Morgan fingerprint density at radius 1 is 1.00 bits per heavy atom. The van der Waals surface area contributed by atoms with Gasteiger partial charge in [0, 0.05) is 39.0 Å². The Morgan fingerprint density at radius 2 is 1.68 bits per heavy atom. The molecule has 3 saturated heterocycles. The third-order valence-corrected chi connectivity index (χ3v) is 6.39. The van der Waals surface area contributed by atoms with E-state index in [1.165, 1.54) is 12.1 Å². The monoisotopic (exact) mass is 349 g/mol. The van der Waals surface area contributed by atoms with Gasteiger partial charge in [0.2, 0.25) is 0 Å². The van der Waals surface area contributed by atoms with Crippen LogP contribution in [-0.2, 0) is 15.1 Å². The molecule has 0 radical (unpaired) electrons. The van der Waals surface area contributed by atoms with Crippen molar-refractivity contribution in [3.05, 3.63) is 35.6 Å². The van der Waals surface area contributed by atoms with Crippen LogP contribution >= 0.6 is 0 Å². The van der Waals surface area contributed by atoms with Gasteiger partial charge in [0.15, 0.2) is 0 Å². The largest absolute Gasteiger partial charge is 0.385 e. The number of hydrogen-bond acceptors (Lipinski definition) is 4. The molecule has 1 unspecified atom stereocenters. The second kappa shape index (κ2) is 6.95. The Balaban J connectivity index is 1.39. The summed E-state index contributed by atoms with van der Waals surface area (Å²) in [6.07, 6.45) is 5.54. The number of likely N-dealkylation sites (tertiary alicyclic amines) is 1. The van der Waals surface area contributed by atoms with Gasteiger partial charge in [-0.15, -0.1) is 0 Å². The molecule has 3 heterocycles. The van der Waals surface area contributed by atoms with E-state index in [2.05, 4.69) is 4.90 Å². The molecule has 0 saturated carbocycles. The van der Waals surface area contributed by atoms with Crippen LogP contribution in [0.15, 0.2) is 24.3 Å². The molecule has 0 aliphatic carbocycles. The molecule has 5 heteroatoms. The molecule has 4 rings (SSSR count). The quantitative estimate of drug-likeness (QED) is 0.892. The van der Waals surface area contributed by atoms with Crippen LogP contribution < -0.4 is 0 Å². The number of rotatable bonds is 2. The number of piperidine rings is 1. The van der Waals surface area contributed by atoms with Crippen molar-refractivity contribution < 1.29 is 19.0 Å². The summed E-state index contributed by atoms with van der Waals surface area (Å²) in [7, 11) is 0. The SMILES string of the molecule is OC1(c2ccc(F)cc2)CCN(C2CCOC3(CCOCC3)C2)CC1. The minimum Gasteiger partial charge on any atom is -0.385 e. The van der Waals surface area contributed by atoms with Crippen LogP contribution in [0.5, 0.6) is 0 Å². The van der Waals surface area contributed by atoms with E-state index in [1.54, 1.807) is 12.1 Å². The predicted octanol–water partition coefficient (Wildman–Crippen LogP) is 2.84. The zero-order chi connectivity index (χ0) is 17.3. The van der Waals surface area contributed by atoms with Gasteiger partial charge in [-0.3, -0.25) is 4.90 Å². The first kappa shape index (κ1) is 17.4. The fourth-order valence-corrected chi connectivity index (χ4v) is 4.71. The van der Waals surface area contributed by atoms with Crippen molar-refractivity contribution in [3.8, 4) is 0 Å². The van der Waals surface area contributed by atoms with E-state index in [4.69, 9.17) is 9.47 Å². The molecule has 1 aromatic rings. The number of hydrogen-bond donors (Lipinski definition) is 1. The lowest BCUT2D eigenvalue weighted by atomic mass is 9.80. The molecule has 1 spiro atoms. The minimum atomic E-state index is -0.828. The Hall–Kier alpha value is -1.01. The van der Waals surface area contributed by atoms with Crippen LogP contribution in [-0.4, -0.2) is 54.6 Å². The smallest absolute Gasteiger partial charge is 0.123 e. The topological polar surface area (TPSA) is 41.9 Å². The number of nitrogens with zero attached hydrogens (tertiary/aromatic N) is 1. The summed E-state index contributed by atoms with van der Waals surface area (Å²) < 4.78 is 24.8. The molecule has 0 bridgehead atoms. The van der Waals surface area contributed by atoms with Crippen LogP contribution in [0.4, 0.5) is 4.39 Å². The summed E-state index contributed by atoms with van der Waals surface area (Å²) in [6, 6.07) is 6.84. The predicted molar refractivity (Wildman–Crippen MR) is 92.9 cm³/mol. The molecule has 1 N–H and O–H groups in total. The van der Waals surface area contributed by atoms with Crippen molar-refractivity contribution in [2.45, 2.75) is 55.8 Å². The van der Waals surface area contributed by atoms with Crippen molar-refractivity contribution in [2.24, 2.45) is 0 Å². The van der Waals surface area contributed by atoms with Gasteiger partial charge < -0.3 is 14.6 Å². The Labute approximate surface area is 148 Å². The molecule has 1 aromatic carbocycles. The maximum absolute atomic E-state index is 13.1. The first-order chi connectivity index (χ1) is 12.1. The summed E-state index contributed by atoms with van der Waals surface area (Å²) in [6.45, 7) is 4.19. The maximum atomic E-state index is 13.1. The average molecular weight is 349 g/mol. The number of benzene rings is 1. The first-order valence-electron chi connectivity index (χ1n) is 9.53. The second-order valence-electron chi connectivity index (χ2n) is 7.86. The summed E-state index contributed by atoms with van der Waals surface area (Å²) in [5.41, 5.74) is 0.0128. The van der Waals surface area contributed by atoms with Gasteiger partial charge in [0.25, 0.3) is 0 Å². The number of aliphatic hydroxyl groups is 1. The summed E-state index contributed by atoms with van der Waals surface area (Å²) >= 11 is 0. The fraction of sp³-hybridized carbons (Fsp3) is 0.700.